The molecule has 1 aromatic rings. The van der Waals surface area contributed by atoms with E-state index in [9.17, 15) is 0 Å². The number of nitrogens with two attached hydrogens (primary N) is 1. The lowest BCUT2D eigenvalue weighted by Crippen LogP contribution is -2.04. The van der Waals surface area contributed by atoms with Crippen molar-refractivity contribution in [1.29, 1.82) is 0 Å². The standard InChI is InChI=1S/C13H16N2S/c1-9-3-5-11(6-4-9)12(14)10(2)13-15-7-8-16-13/h3-6H,7-8,14H2,1-2H3/b12-10-. The Kier molecular flexibility index (Phi) is 3.34. The van der Waals surface area contributed by atoms with E-state index in [-0.39, 0.29) is 0 Å². The predicted octanol–water partition coefficient (Wildman–Crippen LogP) is 2.83. The Balaban J connectivity index is 2.32. The van der Waals surface area contributed by atoms with E-state index in [1.54, 1.807) is 11.8 Å². The topological polar surface area (TPSA) is 38.4 Å². The van der Waals surface area contributed by atoms with Gasteiger partial charge in [-0.1, -0.05) is 29.8 Å². The number of rotatable bonds is 2. The maximum atomic E-state index is 6.15. The third-order valence-corrected chi connectivity index (χ3v) is 3.77. The van der Waals surface area contributed by atoms with Crippen LogP contribution in [0.4, 0.5) is 0 Å². The van der Waals surface area contributed by atoms with Gasteiger partial charge >= 0.3 is 0 Å². The average Bonchev–Trinajstić information content (AvgIpc) is 2.81. The number of aliphatic imine (C=N–C) groups is 1. The molecule has 1 aliphatic heterocycles. The fourth-order valence-corrected chi connectivity index (χ4v) is 2.51. The molecule has 0 unspecified atom stereocenters. The highest BCUT2D eigenvalue weighted by atomic mass is 32.2. The second kappa shape index (κ2) is 4.74. The fraction of sp³-hybridized carbons (Fsp3) is 0.308. The van der Waals surface area contributed by atoms with Crippen molar-refractivity contribution >= 4 is 22.5 Å². The van der Waals surface area contributed by atoms with Gasteiger partial charge in [-0.25, -0.2) is 0 Å². The molecule has 0 atom stereocenters. The molecule has 1 aromatic carbocycles. The second-order valence-corrected chi connectivity index (χ2v) is 5.02. The molecule has 1 aliphatic rings. The summed E-state index contributed by atoms with van der Waals surface area (Å²) in [5.74, 6) is 1.08. The first-order chi connectivity index (χ1) is 7.68. The van der Waals surface area contributed by atoms with E-state index in [1.807, 2.05) is 6.92 Å². The number of nitrogens with zero attached hydrogens (tertiary/aromatic N) is 1. The van der Waals surface area contributed by atoms with E-state index in [0.29, 0.717) is 0 Å². The predicted molar refractivity (Wildman–Crippen MR) is 72.7 cm³/mol. The lowest BCUT2D eigenvalue weighted by molar-refractivity contribution is 1.17. The molecule has 2 N–H and O–H groups in total. The molecule has 2 nitrogen and oxygen atoms in total. The Morgan fingerprint density at radius 3 is 2.56 bits per heavy atom. The Bertz CT molecular complexity index is 444. The van der Waals surface area contributed by atoms with Crippen LogP contribution in [0.25, 0.3) is 5.70 Å². The van der Waals surface area contributed by atoms with Crippen molar-refractivity contribution in [2.75, 3.05) is 12.3 Å². The molecule has 0 bridgehead atoms. The number of thioether (sulfide) groups is 1. The zero-order valence-corrected chi connectivity index (χ0v) is 10.5. The highest BCUT2D eigenvalue weighted by Gasteiger charge is 2.12. The fourth-order valence-electron chi connectivity index (χ4n) is 1.63. The minimum absolute atomic E-state index is 0.841. The van der Waals surface area contributed by atoms with E-state index in [2.05, 4.69) is 36.2 Å². The average molecular weight is 232 g/mol. The maximum Gasteiger partial charge on any atom is 0.0955 e. The monoisotopic (exact) mass is 232 g/mol. The summed E-state index contributed by atoms with van der Waals surface area (Å²) >= 11 is 1.79. The van der Waals surface area contributed by atoms with Crippen LogP contribution in [0.15, 0.2) is 34.8 Å². The highest BCUT2D eigenvalue weighted by molar-refractivity contribution is 8.14. The van der Waals surface area contributed by atoms with Crippen LogP contribution in [-0.4, -0.2) is 17.3 Å². The van der Waals surface area contributed by atoms with Gasteiger partial charge in [0.1, 0.15) is 0 Å². The molecule has 3 heteroatoms. The van der Waals surface area contributed by atoms with Crippen LogP contribution in [-0.2, 0) is 0 Å². The van der Waals surface area contributed by atoms with Gasteiger partial charge in [0.05, 0.1) is 5.04 Å². The van der Waals surface area contributed by atoms with Gasteiger partial charge in [-0.2, -0.15) is 0 Å². The molecule has 0 amide bonds. The van der Waals surface area contributed by atoms with Crippen LogP contribution in [0.1, 0.15) is 18.1 Å². The normalized spacial score (nSPS) is 17.0. The summed E-state index contributed by atoms with van der Waals surface area (Å²) in [5.41, 5.74) is 10.4. The number of benzene rings is 1. The molecule has 84 valence electrons. The number of hydrogen-bond donors (Lipinski definition) is 1. The summed E-state index contributed by atoms with van der Waals surface area (Å²) in [4.78, 5) is 4.44. The highest BCUT2D eigenvalue weighted by Crippen LogP contribution is 2.23. The summed E-state index contributed by atoms with van der Waals surface area (Å²) in [6.45, 7) is 5.04. The van der Waals surface area contributed by atoms with Gasteiger partial charge in [-0.15, -0.1) is 11.8 Å². The van der Waals surface area contributed by atoms with Crippen molar-refractivity contribution in [1.82, 2.24) is 0 Å². The quantitative estimate of drug-likeness (QED) is 0.851. The number of aryl methyl sites for hydroxylation is 1. The molecular weight excluding hydrogens is 216 g/mol. The Morgan fingerprint density at radius 1 is 1.31 bits per heavy atom. The molecule has 0 aromatic heterocycles. The first kappa shape index (κ1) is 11.3. The third-order valence-electron chi connectivity index (χ3n) is 2.67. The van der Waals surface area contributed by atoms with Crippen molar-refractivity contribution in [2.45, 2.75) is 13.8 Å². The van der Waals surface area contributed by atoms with Crippen molar-refractivity contribution in [3.63, 3.8) is 0 Å². The van der Waals surface area contributed by atoms with Crippen molar-refractivity contribution < 1.29 is 0 Å². The molecule has 1 heterocycles. The lowest BCUT2D eigenvalue weighted by atomic mass is 10.1. The first-order valence-corrected chi connectivity index (χ1v) is 6.38. The van der Waals surface area contributed by atoms with Crippen LogP contribution in [0.2, 0.25) is 0 Å². The molecule has 0 spiro atoms. The molecule has 0 aliphatic carbocycles. The Morgan fingerprint density at radius 2 is 2.00 bits per heavy atom. The van der Waals surface area contributed by atoms with Crippen LogP contribution in [0, 0.1) is 6.92 Å². The summed E-state index contributed by atoms with van der Waals surface area (Å²) in [7, 11) is 0. The van der Waals surface area contributed by atoms with Gasteiger partial charge in [0, 0.05) is 23.6 Å². The molecule has 2 rings (SSSR count). The molecule has 16 heavy (non-hydrogen) atoms. The van der Waals surface area contributed by atoms with Gasteiger partial charge < -0.3 is 5.73 Å². The number of hydrogen-bond acceptors (Lipinski definition) is 3. The summed E-state index contributed by atoms with van der Waals surface area (Å²) in [6, 6.07) is 8.29. The summed E-state index contributed by atoms with van der Waals surface area (Å²) < 4.78 is 0. The van der Waals surface area contributed by atoms with E-state index in [1.165, 1.54) is 5.56 Å². The Hall–Kier alpha value is -1.22. The second-order valence-electron chi connectivity index (χ2n) is 3.94. The van der Waals surface area contributed by atoms with Gasteiger partial charge in [0.15, 0.2) is 0 Å². The van der Waals surface area contributed by atoms with E-state index < -0.39 is 0 Å². The first-order valence-electron chi connectivity index (χ1n) is 5.39. The van der Waals surface area contributed by atoms with Gasteiger partial charge in [-0.3, -0.25) is 4.99 Å². The van der Waals surface area contributed by atoms with E-state index >= 15 is 0 Å². The maximum absolute atomic E-state index is 6.15. The van der Waals surface area contributed by atoms with Crippen molar-refractivity contribution in [2.24, 2.45) is 10.7 Å². The van der Waals surface area contributed by atoms with Gasteiger partial charge in [0.2, 0.25) is 0 Å². The smallest absolute Gasteiger partial charge is 0.0955 e. The van der Waals surface area contributed by atoms with Gasteiger partial charge in [0.25, 0.3) is 0 Å². The molecular formula is C13H16N2S. The summed E-state index contributed by atoms with van der Waals surface area (Å²) in [6.07, 6.45) is 0. The SMILES string of the molecule is C/C(C1=NCCS1)=C(/N)c1ccc(C)cc1. The minimum atomic E-state index is 0.841. The lowest BCUT2D eigenvalue weighted by Gasteiger charge is -2.07. The molecule has 0 saturated carbocycles. The zero-order valence-electron chi connectivity index (χ0n) is 9.66. The van der Waals surface area contributed by atoms with Crippen LogP contribution in [0.3, 0.4) is 0 Å². The Labute approximate surface area is 101 Å². The molecule has 0 fully saturated rings. The van der Waals surface area contributed by atoms with E-state index in [0.717, 1.165) is 34.2 Å². The largest absolute Gasteiger partial charge is 0.398 e. The molecule has 0 saturated heterocycles. The van der Waals surface area contributed by atoms with Gasteiger partial charge in [-0.05, 0) is 19.4 Å². The van der Waals surface area contributed by atoms with Crippen LogP contribution < -0.4 is 5.73 Å². The van der Waals surface area contributed by atoms with Crippen LogP contribution >= 0.6 is 11.8 Å². The van der Waals surface area contributed by atoms with Crippen molar-refractivity contribution in [3.8, 4) is 0 Å². The van der Waals surface area contributed by atoms with Crippen molar-refractivity contribution in [3.05, 3.63) is 41.0 Å². The minimum Gasteiger partial charge on any atom is -0.398 e. The summed E-state index contributed by atoms with van der Waals surface area (Å²) in [5, 5.41) is 1.10. The zero-order chi connectivity index (χ0) is 11.5. The van der Waals surface area contributed by atoms with Crippen LogP contribution in [0.5, 0.6) is 0 Å². The third kappa shape index (κ3) is 2.30. The van der Waals surface area contributed by atoms with E-state index in [4.69, 9.17) is 5.73 Å². The molecule has 0 radical (unpaired) electrons.